The fourth-order valence-electron chi connectivity index (χ4n) is 3.21. The van der Waals surface area contributed by atoms with Crippen LogP contribution in [0.3, 0.4) is 0 Å². The highest BCUT2D eigenvalue weighted by molar-refractivity contribution is 7.92. The number of nitrogens with one attached hydrogen (secondary N) is 2. The first-order chi connectivity index (χ1) is 17.4. The topological polar surface area (TPSA) is 151 Å². The summed E-state index contributed by atoms with van der Waals surface area (Å²) in [7, 11) is 3.74. The monoisotopic (exact) mass is 549 g/mol. The molecule has 0 aliphatic rings. The third kappa shape index (κ3) is 6.67. The van der Waals surface area contributed by atoms with Gasteiger partial charge in [-0.05, 0) is 46.1 Å². The number of pyridine rings is 2. The first kappa shape index (κ1) is 28.2. The van der Waals surface area contributed by atoms with Gasteiger partial charge in [0.2, 0.25) is 11.8 Å². The summed E-state index contributed by atoms with van der Waals surface area (Å²) in [5, 5.41) is 5.45. The predicted molar refractivity (Wildman–Crippen MR) is 147 cm³/mol. The lowest BCUT2D eigenvalue weighted by Gasteiger charge is -2.23. The summed E-state index contributed by atoms with van der Waals surface area (Å²) in [5.74, 6) is 1.23. The molecular weight excluding hydrogens is 518 g/mol. The van der Waals surface area contributed by atoms with Gasteiger partial charge >= 0.3 is 0 Å². The molecule has 0 fully saturated rings. The molecule has 0 unspecified atom stereocenters. The molecule has 200 valence electrons. The van der Waals surface area contributed by atoms with Crippen LogP contribution in [0.25, 0.3) is 0 Å². The molecule has 0 bridgehead atoms. The SMILES string of the molecule is COc1nc(N(C)CCN(C)C)c(N)cc1Nc1ncc(Cl)c(Nc2cccnc2S(=O)(=O)C(C)C)n1. The smallest absolute Gasteiger partial charge is 0.239 e. The molecule has 0 aliphatic carbocycles. The van der Waals surface area contributed by atoms with Crippen molar-refractivity contribution in [2.45, 2.75) is 24.1 Å². The minimum absolute atomic E-state index is 0.0955. The molecule has 3 aromatic heterocycles. The second kappa shape index (κ2) is 11.8. The molecule has 0 saturated heterocycles. The highest BCUT2D eigenvalue weighted by atomic mass is 35.5. The highest BCUT2D eigenvalue weighted by Crippen LogP contribution is 2.34. The quantitative estimate of drug-likeness (QED) is 0.322. The highest BCUT2D eigenvalue weighted by Gasteiger charge is 2.25. The van der Waals surface area contributed by atoms with E-state index >= 15 is 0 Å². The van der Waals surface area contributed by atoms with Gasteiger partial charge in [0.25, 0.3) is 0 Å². The van der Waals surface area contributed by atoms with Gasteiger partial charge < -0.3 is 30.9 Å². The number of likely N-dealkylation sites (N-methyl/N-ethyl adjacent to an activating group) is 2. The summed E-state index contributed by atoms with van der Waals surface area (Å²) in [6.45, 7) is 4.72. The van der Waals surface area contributed by atoms with Crippen molar-refractivity contribution in [1.82, 2.24) is 24.8 Å². The molecule has 0 atom stereocenters. The number of ether oxygens (including phenoxy) is 1. The van der Waals surface area contributed by atoms with Crippen LogP contribution in [0.2, 0.25) is 5.02 Å². The lowest BCUT2D eigenvalue weighted by Crippen LogP contribution is -2.29. The molecule has 0 saturated carbocycles. The minimum atomic E-state index is -3.65. The zero-order valence-electron chi connectivity index (χ0n) is 21.6. The number of rotatable bonds is 11. The summed E-state index contributed by atoms with van der Waals surface area (Å²) < 4.78 is 31.0. The normalized spacial score (nSPS) is 11.6. The number of halogens is 1. The van der Waals surface area contributed by atoms with E-state index in [4.69, 9.17) is 22.1 Å². The lowest BCUT2D eigenvalue weighted by atomic mass is 10.3. The average Bonchev–Trinajstić information content (AvgIpc) is 2.85. The summed E-state index contributed by atoms with van der Waals surface area (Å²) in [4.78, 5) is 21.3. The molecular formula is C23H32ClN9O3S. The van der Waals surface area contributed by atoms with Crippen LogP contribution in [0.4, 0.5) is 34.6 Å². The Morgan fingerprint density at radius 1 is 1.11 bits per heavy atom. The standard InChI is InChI=1S/C23H32ClN9O3S/c1-14(2)37(34,35)22-17(8-7-9-26-22)28-19-15(24)13-27-23(30-19)29-18-12-16(25)20(31-21(18)36-6)33(5)11-10-32(3)4/h7-9,12-14H,10-11,25H2,1-6H3,(H2,27,28,29,30). The molecule has 14 heteroatoms. The summed E-state index contributed by atoms with van der Waals surface area (Å²) >= 11 is 6.32. The fraction of sp³-hybridized carbons (Fsp3) is 0.391. The summed E-state index contributed by atoms with van der Waals surface area (Å²) in [6.07, 6.45) is 2.80. The number of hydrogen-bond acceptors (Lipinski definition) is 12. The van der Waals surface area contributed by atoms with Crippen molar-refractivity contribution in [2.75, 3.05) is 62.6 Å². The first-order valence-electron chi connectivity index (χ1n) is 11.4. The number of nitrogen functional groups attached to an aromatic ring is 1. The summed E-state index contributed by atoms with van der Waals surface area (Å²) in [5.41, 5.74) is 7.43. The number of methoxy groups -OCH3 is 1. The molecule has 0 amide bonds. The Morgan fingerprint density at radius 2 is 1.84 bits per heavy atom. The van der Waals surface area contributed by atoms with Crippen molar-refractivity contribution in [2.24, 2.45) is 0 Å². The second-order valence-corrected chi connectivity index (χ2v) is 11.6. The molecule has 0 radical (unpaired) electrons. The summed E-state index contributed by atoms with van der Waals surface area (Å²) in [6, 6.07) is 4.90. The van der Waals surface area contributed by atoms with Gasteiger partial charge in [-0.1, -0.05) is 11.6 Å². The Hall–Kier alpha value is -3.42. The van der Waals surface area contributed by atoms with Gasteiger partial charge in [-0.15, -0.1) is 0 Å². The van der Waals surface area contributed by atoms with E-state index in [0.29, 0.717) is 23.1 Å². The molecule has 3 heterocycles. The largest absolute Gasteiger partial charge is 0.479 e. The van der Waals surface area contributed by atoms with E-state index in [-0.39, 0.29) is 27.5 Å². The number of nitrogens with two attached hydrogens (primary N) is 1. The van der Waals surface area contributed by atoms with Crippen LogP contribution in [0.1, 0.15) is 13.8 Å². The fourth-order valence-corrected chi connectivity index (χ4v) is 4.43. The van der Waals surface area contributed by atoms with Crippen LogP contribution in [-0.4, -0.2) is 79.8 Å². The van der Waals surface area contributed by atoms with Crippen LogP contribution < -0.4 is 26.0 Å². The zero-order chi connectivity index (χ0) is 27.3. The zero-order valence-corrected chi connectivity index (χ0v) is 23.2. The molecule has 12 nitrogen and oxygen atoms in total. The van der Waals surface area contributed by atoms with Crippen molar-refractivity contribution in [1.29, 1.82) is 0 Å². The first-order valence-corrected chi connectivity index (χ1v) is 13.3. The Bertz CT molecular complexity index is 1350. The molecule has 3 rings (SSSR count). The van der Waals surface area contributed by atoms with Gasteiger partial charge in [0.15, 0.2) is 26.5 Å². The van der Waals surface area contributed by atoms with Crippen LogP contribution in [0.15, 0.2) is 35.6 Å². The van der Waals surface area contributed by atoms with Gasteiger partial charge in [-0.25, -0.2) is 18.4 Å². The number of nitrogens with zero attached hydrogens (tertiary/aromatic N) is 6. The second-order valence-electron chi connectivity index (χ2n) is 8.77. The van der Waals surface area contributed by atoms with E-state index in [2.05, 4.69) is 35.5 Å². The molecule has 0 aromatic carbocycles. The lowest BCUT2D eigenvalue weighted by molar-refractivity contribution is 0.398. The van der Waals surface area contributed by atoms with Crippen molar-refractivity contribution in [3.8, 4) is 5.88 Å². The molecule has 3 aromatic rings. The van der Waals surface area contributed by atoms with Crippen LogP contribution >= 0.6 is 11.6 Å². The predicted octanol–water partition coefficient (Wildman–Crippen LogP) is 3.18. The number of anilines is 6. The van der Waals surface area contributed by atoms with E-state index in [1.165, 1.54) is 19.5 Å². The van der Waals surface area contributed by atoms with Crippen molar-refractivity contribution >= 4 is 56.1 Å². The molecule has 4 N–H and O–H groups in total. The van der Waals surface area contributed by atoms with Crippen LogP contribution in [-0.2, 0) is 9.84 Å². The number of sulfone groups is 1. The van der Waals surface area contributed by atoms with Gasteiger partial charge in [0.05, 0.1) is 29.9 Å². The maximum atomic E-state index is 12.8. The average molecular weight is 550 g/mol. The Kier molecular flexibility index (Phi) is 8.94. The molecule has 0 spiro atoms. The van der Waals surface area contributed by atoms with Crippen molar-refractivity contribution in [3.63, 3.8) is 0 Å². The number of hydrogen-bond donors (Lipinski definition) is 3. The van der Waals surface area contributed by atoms with Gasteiger partial charge in [0, 0.05) is 26.3 Å². The third-order valence-corrected chi connectivity index (χ3v) is 7.72. The maximum Gasteiger partial charge on any atom is 0.239 e. The van der Waals surface area contributed by atoms with Gasteiger partial charge in [-0.3, -0.25) is 0 Å². The Morgan fingerprint density at radius 3 is 2.49 bits per heavy atom. The Labute approximate surface area is 222 Å². The molecule has 37 heavy (non-hydrogen) atoms. The van der Waals surface area contributed by atoms with Crippen molar-refractivity contribution in [3.05, 3.63) is 35.6 Å². The van der Waals surface area contributed by atoms with Crippen molar-refractivity contribution < 1.29 is 13.2 Å². The Balaban J connectivity index is 1.91. The molecule has 0 aliphatic heterocycles. The van der Waals surface area contributed by atoms with Crippen LogP contribution in [0.5, 0.6) is 5.88 Å². The third-order valence-electron chi connectivity index (χ3n) is 5.34. The maximum absolute atomic E-state index is 12.8. The number of aromatic nitrogens is 4. The van der Waals surface area contributed by atoms with Gasteiger partial charge in [0.1, 0.15) is 10.7 Å². The minimum Gasteiger partial charge on any atom is -0.479 e. The van der Waals surface area contributed by atoms with E-state index in [0.717, 1.165) is 13.1 Å². The van der Waals surface area contributed by atoms with E-state index < -0.39 is 15.1 Å². The van der Waals surface area contributed by atoms with Gasteiger partial charge in [-0.2, -0.15) is 9.97 Å². The van der Waals surface area contributed by atoms with E-state index in [1.807, 2.05) is 26.0 Å². The van der Waals surface area contributed by atoms with Crippen LogP contribution in [0, 0.1) is 0 Å². The van der Waals surface area contributed by atoms with E-state index in [9.17, 15) is 8.42 Å². The van der Waals surface area contributed by atoms with E-state index in [1.54, 1.807) is 32.0 Å².